The summed E-state index contributed by atoms with van der Waals surface area (Å²) >= 11 is 0. The van der Waals surface area contributed by atoms with Gasteiger partial charge in [0.2, 0.25) is 0 Å². The van der Waals surface area contributed by atoms with E-state index in [0.717, 1.165) is 5.57 Å². The number of aliphatic hydroxyl groups excluding tert-OH is 2. The molecule has 0 saturated heterocycles. The molecule has 0 amide bonds. The van der Waals surface area contributed by atoms with Crippen LogP contribution in [0.3, 0.4) is 0 Å². The van der Waals surface area contributed by atoms with E-state index in [1.807, 2.05) is 13.8 Å². The van der Waals surface area contributed by atoms with Crippen LogP contribution in [0.2, 0.25) is 0 Å². The molecule has 0 aromatic rings. The van der Waals surface area contributed by atoms with Gasteiger partial charge in [0, 0.05) is 11.5 Å². The van der Waals surface area contributed by atoms with E-state index in [0.29, 0.717) is 5.57 Å². The maximum atomic E-state index is 9.47. The largest absolute Gasteiger partial charge is 0.508 e. The van der Waals surface area contributed by atoms with Crippen LogP contribution in [0, 0.1) is 5.92 Å². The standard InChI is InChI=1S/C13H20O3/c1-6-12(14)11(13(15)16)7-9(4)10(5)8(2)3/h6-7,10,13-16H,2,4H2,1,3,5H3/b11-7+,12-6+. The first kappa shape index (κ1) is 14.7. The van der Waals surface area contributed by atoms with E-state index in [4.69, 9.17) is 10.2 Å². The first-order chi connectivity index (χ1) is 7.31. The Balaban J connectivity index is 5.09. The van der Waals surface area contributed by atoms with Crippen LogP contribution in [0.5, 0.6) is 0 Å². The summed E-state index contributed by atoms with van der Waals surface area (Å²) in [5.74, 6) is -0.136. The van der Waals surface area contributed by atoms with Crippen LogP contribution in [0.4, 0.5) is 0 Å². The predicted octanol–water partition coefficient (Wildman–Crippen LogP) is 2.45. The lowest BCUT2D eigenvalue weighted by Gasteiger charge is -2.14. The Morgan fingerprint density at radius 1 is 1.25 bits per heavy atom. The maximum absolute atomic E-state index is 9.47. The third-order valence-electron chi connectivity index (χ3n) is 2.48. The molecule has 3 nitrogen and oxygen atoms in total. The minimum atomic E-state index is -1.72. The van der Waals surface area contributed by atoms with Crippen LogP contribution >= 0.6 is 0 Å². The lowest BCUT2D eigenvalue weighted by atomic mass is 9.94. The molecular weight excluding hydrogens is 204 g/mol. The molecule has 0 spiro atoms. The molecule has 3 heteroatoms. The van der Waals surface area contributed by atoms with Crippen molar-refractivity contribution < 1.29 is 15.3 Å². The Morgan fingerprint density at radius 2 is 1.75 bits per heavy atom. The lowest BCUT2D eigenvalue weighted by Crippen LogP contribution is -2.12. The average Bonchev–Trinajstić information content (AvgIpc) is 2.22. The third kappa shape index (κ3) is 4.04. The van der Waals surface area contributed by atoms with Crippen molar-refractivity contribution in [2.45, 2.75) is 27.1 Å². The molecule has 0 aromatic heterocycles. The smallest absolute Gasteiger partial charge is 0.182 e. The van der Waals surface area contributed by atoms with Crippen molar-refractivity contribution in [3.8, 4) is 0 Å². The molecule has 0 aliphatic rings. The summed E-state index contributed by atoms with van der Waals surface area (Å²) in [6.45, 7) is 13.0. The van der Waals surface area contributed by atoms with Crippen molar-refractivity contribution in [3.63, 3.8) is 0 Å². The van der Waals surface area contributed by atoms with E-state index in [1.54, 1.807) is 6.92 Å². The molecule has 3 N–H and O–H groups in total. The van der Waals surface area contributed by atoms with Crippen molar-refractivity contribution in [1.29, 1.82) is 0 Å². The Labute approximate surface area is 96.7 Å². The Kier molecular flexibility index (Phi) is 5.78. The fourth-order valence-electron chi connectivity index (χ4n) is 1.09. The minimum absolute atomic E-state index is 0.0263. The molecule has 0 aromatic carbocycles. The monoisotopic (exact) mass is 224 g/mol. The average molecular weight is 224 g/mol. The van der Waals surface area contributed by atoms with Crippen molar-refractivity contribution in [2.24, 2.45) is 5.92 Å². The van der Waals surface area contributed by atoms with Gasteiger partial charge in [-0.15, -0.1) is 0 Å². The highest BCUT2D eigenvalue weighted by Gasteiger charge is 2.13. The highest BCUT2D eigenvalue weighted by atomic mass is 16.5. The van der Waals surface area contributed by atoms with Gasteiger partial charge >= 0.3 is 0 Å². The predicted molar refractivity (Wildman–Crippen MR) is 65.8 cm³/mol. The van der Waals surface area contributed by atoms with Gasteiger partial charge in [0.15, 0.2) is 6.29 Å². The minimum Gasteiger partial charge on any atom is -0.508 e. The number of rotatable bonds is 5. The normalized spacial score (nSPS) is 15.1. The summed E-state index contributed by atoms with van der Waals surface area (Å²) in [5, 5.41) is 27.7. The molecule has 0 radical (unpaired) electrons. The summed E-state index contributed by atoms with van der Waals surface area (Å²) < 4.78 is 0. The van der Waals surface area contributed by atoms with Crippen molar-refractivity contribution in [1.82, 2.24) is 0 Å². The number of hydrogen-bond donors (Lipinski definition) is 3. The molecule has 1 unspecified atom stereocenters. The molecule has 90 valence electrons. The molecule has 0 heterocycles. The second-order valence-electron chi connectivity index (χ2n) is 3.79. The topological polar surface area (TPSA) is 60.7 Å². The van der Waals surface area contributed by atoms with Gasteiger partial charge < -0.3 is 15.3 Å². The van der Waals surface area contributed by atoms with Gasteiger partial charge in [-0.2, -0.15) is 0 Å². The zero-order valence-electron chi connectivity index (χ0n) is 10.1. The van der Waals surface area contributed by atoms with Crippen LogP contribution < -0.4 is 0 Å². The van der Waals surface area contributed by atoms with E-state index >= 15 is 0 Å². The van der Waals surface area contributed by atoms with Gasteiger partial charge in [-0.3, -0.25) is 0 Å². The van der Waals surface area contributed by atoms with Crippen LogP contribution in [-0.2, 0) is 0 Å². The van der Waals surface area contributed by atoms with Gasteiger partial charge in [0.05, 0.1) is 0 Å². The summed E-state index contributed by atoms with van der Waals surface area (Å²) in [6, 6.07) is 0. The maximum Gasteiger partial charge on any atom is 0.182 e. The fraction of sp³-hybridized carbons (Fsp3) is 0.385. The first-order valence-corrected chi connectivity index (χ1v) is 5.08. The number of allylic oxidation sites excluding steroid dienone is 4. The Bertz CT molecular complexity index is 335. The van der Waals surface area contributed by atoms with E-state index in [-0.39, 0.29) is 17.3 Å². The molecule has 0 rings (SSSR count). The highest BCUT2D eigenvalue weighted by Crippen LogP contribution is 2.21. The number of aliphatic hydroxyl groups is 3. The first-order valence-electron chi connectivity index (χ1n) is 5.08. The number of hydrogen-bond acceptors (Lipinski definition) is 3. The Morgan fingerprint density at radius 3 is 2.06 bits per heavy atom. The van der Waals surface area contributed by atoms with Crippen molar-refractivity contribution in [3.05, 3.63) is 47.8 Å². The van der Waals surface area contributed by atoms with E-state index in [2.05, 4.69) is 13.2 Å². The fourth-order valence-corrected chi connectivity index (χ4v) is 1.09. The van der Waals surface area contributed by atoms with Gasteiger partial charge in [-0.05, 0) is 31.6 Å². The van der Waals surface area contributed by atoms with E-state index in [9.17, 15) is 5.11 Å². The lowest BCUT2D eigenvalue weighted by molar-refractivity contribution is -0.00938. The molecule has 0 fully saturated rings. The quantitative estimate of drug-likeness (QED) is 0.291. The molecule has 0 saturated carbocycles. The van der Waals surface area contributed by atoms with Crippen molar-refractivity contribution in [2.75, 3.05) is 0 Å². The zero-order chi connectivity index (χ0) is 12.9. The summed E-state index contributed by atoms with van der Waals surface area (Å²) in [5.41, 5.74) is 1.64. The van der Waals surface area contributed by atoms with E-state index < -0.39 is 6.29 Å². The molecule has 0 bridgehead atoms. The van der Waals surface area contributed by atoms with Crippen molar-refractivity contribution >= 4 is 0 Å². The van der Waals surface area contributed by atoms with E-state index in [1.165, 1.54) is 12.2 Å². The van der Waals surface area contributed by atoms with Gasteiger partial charge in [0.25, 0.3) is 0 Å². The summed E-state index contributed by atoms with van der Waals surface area (Å²) in [4.78, 5) is 0. The van der Waals surface area contributed by atoms with Crippen LogP contribution in [0.25, 0.3) is 0 Å². The zero-order valence-corrected chi connectivity index (χ0v) is 10.1. The third-order valence-corrected chi connectivity index (χ3v) is 2.48. The van der Waals surface area contributed by atoms with Crippen LogP contribution in [0.1, 0.15) is 20.8 Å². The molecule has 16 heavy (non-hydrogen) atoms. The summed E-state index contributed by atoms with van der Waals surface area (Å²) in [6.07, 6.45) is 1.15. The highest BCUT2D eigenvalue weighted by molar-refractivity contribution is 5.36. The SMILES string of the molecule is C=C(C)C(C)C(=C)/C=C(\C(O)=C/C)C(O)O. The van der Waals surface area contributed by atoms with Crippen LogP contribution in [0.15, 0.2) is 47.8 Å². The molecule has 0 aliphatic carbocycles. The second kappa shape index (κ2) is 6.30. The van der Waals surface area contributed by atoms with Gasteiger partial charge in [-0.25, -0.2) is 0 Å². The Hall–Kier alpha value is -1.32. The van der Waals surface area contributed by atoms with Gasteiger partial charge in [0.1, 0.15) is 5.76 Å². The van der Waals surface area contributed by atoms with Crippen LogP contribution in [-0.4, -0.2) is 21.6 Å². The summed E-state index contributed by atoms with van der Waals surface area (Å²) in [7, 11) is 0. The second-order valence-corrected chi connectivity index (χ2v) is 3.79. The molecular formula is C13H20O3. The van der Waals surface area contributed by atoms with Gasteiger partial charge in [-0.1, -0.05) is 25.7 Å². The molecule has 1 atom stereocenters. The molecule has 0 aliphatic heterocycles.